The molecule has 0 atom stereocenters. The van der Waals surface area contributed by atoms with Gasteiger partial charge in [0.25, 0.3) is 5.91 Å². The topological polar surface area (TPSA) is 46.1 Å². The van der Waals surface area contributed by atoms with Crippen LogP contribution in [0.2, 0.25) is 0 Å². The van der Waals surface area contributed by atoms with E-state index in [4.69, 9.17) is 0 Å². The monoisotopic (exact) mass is 331 g/mol. The molecule has 1 saturated heterocycles. The number of likely N-dealkylation sites (tertiary alicyclic amines) is 1. The van der Waals surface area contributed by atoms with Gasteiger partial charge in [0.2, 0.25) is 0 Å². The molecule has 126 valence electrons. The molecule has 4 rings (SSSR count). The van der Waals surface area contributed by atoms with Gasteiger partial charge in [-0.05, 0) is 50.6 Å². The van der Waals surface area contributed by atoms with Gasteiger partial charge >= 0.3 is 0 Å². The molecule has 0 spiro atoms. The number of aromatic nitrogens is 2. The van der Waals surface area contributed by atoms with Crippen LogP contribution in [0.25, 0.3) is 10.9 Å². The fourth-order valence-corrected chi connectivity index (χ4v) is 3.61. The summed E-state index contributed by atoms with van der Waals surface area (Å²) in [5.74, 6) is 0.426. The van der Waals surface area contributed by atoms with E-state index in [2.05, 4.69) is 35.9 Å². The van der Waals surface area contributed by atoms with Crippen molar-refractivity contribution in [3.05, 3.63) is 70.7 Å². The Balaban J connectivity index is 1.65. The Bertz CT molecular complexity index is 960. The summed E-state index contributed by atoms with van der Waals surface area (Å²) in [6, 6.07) is 12.0. The lowest BCUT2D eigenvalue weighted by Gasteiger charge is -2.39. The Morgan fingerprint density at radius 1 is 1.12 bits per heavy atom. The highest BCUT2D eigenvalue weighted by molar-refractivity contribution is 6.07. The van der Waals surface area contributed by atoms with Crippen LogP contribution in [0.4, 0.5) is 0 Å². The molecule has 0 saturated carbocycles. The minimum absolute atomic E-state index is 0.0904. The first-order valence-corrected chi connectivity index (χ1v) is 8.62. The van der Waals surface area contributed by atoms with E-state index in [-0.39, 0.29) is 5.91 Å². The summed E-state index contributed by atoms with van der Waals surface area (Å²) in [4.78, 5) is 24.0. The van der Waals surface area contributed by atoms with Crippen LogP contribution in [-0.2, 0) is 0 Å². The van der Waals surface area contributed by atoms with E-state index >= 15 is 0 Å². The number of fused-ring (bicyclic) bond motifs is 1. The first kappa shape index (κ1) is 15.8. The van der Waals surface area contributed by atoms with Crippen molar-refractivity contribution in [3.8, 4) is 0 Å². The molecular weight excluding hydrogens is 310 g/mol. The second kappa shape index (κ2) is 5.96. The van der Waals surface area contributed by atoms with Gasteiger partial charge in [-0.15, -0.1) is 0 Å². The maximum atomic E-state index is 13.1. The first-order valence-electron chi connectivity index (χ1n) is 8.62. The predicted molar refractivity (Wildman–Crippen MR) is 98.8 cm³/mol. The Labute approximate surface area is 147 Å². The number of amides is 1. The van der Waals surface area contributed by atoms with Crippen molar-refractivity contribution in [1.29, 1.82) is 0 Å². The number of benzene rings is 1. The van der Waals surface area contributed by atoms with Crippen LogP contribution in [0.5, 0.6) is 0 Å². The SMILES string of the molecule is Cc1cc(C)c2nc(C)cc(C(=O)N3CC(c4ccccn4)C3)c2c1. The third-order valence-electron chi connectivity index (χ3n) is 4.88. The maximum absolute atomic E-state index is 13.1. The molecule has 1 amide bonds. The standard InChI is InChI=1S/C21H21N3O/c1-13-8-14(2)20-17(9-13)18(10-15(3)23-20)21(25)24-11-16(12-24)19-6-4-5-7-22-19/h4-10,16H,11-12H2,1-3H3. The van der Waals surface area contributed by atoms with E-state index in [0.29, 0.717) is 5.92 Å². The van der Waals surface area contributed by atoms with Gasteiger partial charge in [0.15, 0.2) is 0 Å². The number of carbonyl (C=O) groups is 1. The highest BCUT2D eigenvalue weighted by atomic mass is 16.2. The van der Waals surface area contributed by atoms with Crippen LogP contribution in [0.3, 0.4) is 0 Å². The zero-order valence-electron chi connectivity index (χ0n) is 14.8. The summed E-state index contributed by atoms with van der Waals surface area (Å²) in [5, 5.41) is 0.953. The molecule has 1 aliphatic rings. The van der Waals surface area contributed by atoms with E-state index in [1.807, 2.05) is 42.3 Å². The van der Waals surface area contributed by atoms with E-state index in [9.17, 15) is 4.79 Å². The van der Waals surface area contributed by atoms with Crippen LogP contribution >= 0.6 is 0 Å². The fourth-order valence-electron chi connectivity index (χ4n) is 3.61. The van der Waals surface area contributed by atoms with Crippen LogP contribution in [-0.4, -0.2) is 33.9 Å². The van der Waals surface area contributed by atoms with Crippen LogP contribution in [0.1, 0.15) is 38.8 Å². The summed E-state index contributed by atoms with van der Waals surface area (Å²) < 4.78 is 0. The average molecular weight is 331 g/mol. The summed E-state index contributed by atoms with van der Waals surface area (Å²) in [5.41, 5.74) is 5.89. The van der Waals surface area contributed by atoms with Crippen molar-refractivity contribution in [3.63, 3.8) is 0 Å². The molecule has 3 aromatic rings. The highest BCUT2D eigenvalue weighted by Crippen LogP contribution is 2.30. The van der Waals surface area contributed by atoms with Gasteiger partial charge in [0, 0.05) is 42.0 Å². The number of pyridine rings is 2. The van der Waals surface area contributed by atoms with Gasteiger partial charge in [-0.2, -0.15) is 0 Å². The molecule has 4 heteroatoms. The van der Waals surface area contributed by atoms with E-state index in [1.54, 1.807) is 0 Å². The number of nitrogens with zero attached hydrogens (tertiary/aromatic N) is 3. The molecular formula is C21H21N3O. The Morgan fingerprint density at radius 2 is 1.92 bits per heavy atom. The van der Waals surface area contributed by atoms with Crippen LogP contribution < -0.4 is 0 Å². The second-order valence-corrected chi connectivity index (χ2v) is 6.95. The van der Waals surface area contributed by atoms with Gasteiger partial charge in [0.05, 0.1) is 11.1 Å². The van der Waals surface area contributed by atoms with Crippen molar-refractivity contribution in [2.45, 2.75) is 26.7 Å². The molecule has 1 aliphatic heterocycles. The van der Waals surface area contributed by atoms with Gasteiger partial charge in [-0.25, -0.2) is 0 Å². The van der Waals surface area contributed by atoms with Crippen molar-refractivity contribution >= 4 is 16.8 Å². The van der Waals surface area contributed by atoms with Crippen molar-refractivity contribution < 1.29 is 4.79 Å². The molecule has 3 heterocycles. The average Bonchev–Trinajstić information content (AvgIpc) is 2.54. The largest absolute Gasteiger partial charge is 0.337 e. The molecule has 0 unspecified atom stereocenters. The molecule has 2 aromatic heterocycles. The number of hydrogen-bond donors (Lipinski definition) is 0. The molecule has 4 nitrogen and oxygen atoms in total. The summed E-state index contributed by atoms with van der Waals surface area (Å²) in [7, 11) is 0. The van der Waals surface area contributed by atoms with Crippen molar-refractivity contribution in [2.24, 2.45) is 0 Å². The van der Waals surface area contributed by atoms with Gasteiger partial charge in [0.1, 0.15) is 0 Å². The number of hydrogen-bond acceptors (Lipinski definition) is 3. The smallest absolute Gasteiger partial charge is 0.254 e. The second-order valence-electron chi connectivity index (χ2n) is 6.95. The van der Waals surface area contributed by atoms with Crippen LogP contribution in [0, 0.1) is 20.8 Å². The molecule has 1 fully saturated rings. The van der Waals surface area contributed by atoms with E-state index in [0.717, 1.165) is 52.1 Å². The number of rotatable bonds is 2. The zero-order valence-corrected chi connectivity index (χ0v) is 14.8. The van der Waals surface area contributed by atoms with E-state index in [1.165, 1.54) is 0 Å². The predicted octanol–water partition coefficient (Wildman–Crippen LogP) is 3.79. The molecule has 1 aromatic carbocycles. The van der Waals surface area contributed by atoms with Gasteiger partial charge < -0.3 is 4.90 Å². The highest BCUT2D eigenvalue weighted by Gasteiger charge is 2.33. The summed E-state index contributed by atoms with van der Waals surface area (Å²) >= 11 is 0. The normalized spacial score (nSPS) is 14.6. The molecule has 0 radical (unpaired) electrons. The fraction of sp³-hybridized carbons (Fsp3) is 0.286. The third-order valence-corrected chi connectivity index (χ3v) is 4.88. The Hall–Kier alpha value is -2.75. The minimum atomic E-state index is 0.0904. The van der Waals surface area contributed by atoms with Gasteiger partial charge in [-0.3, -0.25) is 14.8 Å². The number of aryl methyl sites for hydroxylation is 3. The first-order chi connectivity index (χ1) is 12.0. The lowest BCUT2D eigenvalue weighted by Crippen LogP contribution is -2.48. The molecule has 0 aliphatic carbocycles. The molecule has 0 N–H and O–H groups in total. The molecule has 25 heavy (non-hydrogen) atoms. The lowest BCUT2D eigenvalue weighted by molar-refractivity contribution is 0.0600. The third kappa shape index (κ3) is 2.78. The quantitative estimate of drug-likeness (QED) is 0.717. The van der Waals surface area contributed by atoms with Gasteiger partial charge in [-0.1, -0.05) is 17.7 Å². The summed E-state index contributed by atoms with van der Waals surface area (Å²) in [6.07, 6.45) is 1.81. The lowest BCUT2D eigenvalue weighted by atomic mass is 9.93. The Kier molecular flexibility index (Phi) is 3.75. The Morgan fingerprint density at radius 3 is 2.64 bits per heavy atom. The van der Waals surface area contributed by atoms with E-state index < -0.39 is 0 Å². The number of carbonyl (C=O) groups excluding carboxylic acids is 1. The van der Waals surface area contributed by atoms with Crippen LogP contribution in [0.15, 0.2) is 42.6 Å². The zero-order chi connectivity index (χ0) is 17.6. The maximum Gasteiger partial charge on any atom is 0.254 e. The summed E-state index contributed by atoms with van der Waals surface area (Å²) in [6.45, 7) is 7.51. The molecule has 0 bridgehead atoms. The van der Waals surface area contributed by atoms with Crippen molar-refractivity contribution in [2.75, 3.05) is 13.1 Å². The minimum Gasteiger partial charge on any atom is -0.337 e. The van der Waals surface area contributed by atoms with Crippen molar-refractivity contribution in [1.82, 2.24) is 14.9 Å².